The first-order valence-electron chi connectivity index (χ1n) is 3.36. The molecule has 1 amide bonds. The molecular formula is C7H7F2N3O. The number of hydrogen-bond acceptors (Lipinski definition) is 3. The summed E-state index contributed by atoms with van der Waals surface area (Å²) in [5.74, 6) is -0.846. The van der Waals surface area contributed by atoms with Crippen LogP contribution in [0.15, 0.2) is 12.3 Å². The zero-order valence-corrected chi connectivity index (χ0v) is 6.50. The number of halogens is 2. The SMILES string of the molecule is NC(=O)c1ccnc(C(F)F)c1N. The van der Waals surface area contributed by atoms with Crippen LogP contribution in [0.25, 0.3) is 0 Å². The van der Waals surface area contributed by atoms with Gasteiger partial charge in [-0.05, 0) is 6.07 Å². The van der Waals surface area contributed by atoms with E-state index in [1.165, 1.54) is 6.07 Å². The van der Waals surface area contributed by atoms with Crippen LogP contribution in [-0.2, 0) is 0 Å². The maximum absolute atomic E-state index is 12.2. The van der Waals surface area contributed by atoms with Gasteiger partial charge in [-0.25, -0.2) is 8.78 Å². The highest BCUT2D eigenvalue weighted by Crippen LogP contribution is 2.24. The zero-order chi connectivity index (χ0) is 10.0. The van der Waals surface area contributed by atoms with E-state index in [-0.39, 0.29) is 11.3 Å². The van der Waals surface area contributed by atoms with Crippen LogP contribution in [0.1, 0.15) is 22.5 Å². The molecule has 6 heteroatoms. The minimum Gasteiger partial charge on any atom is -0.396 e. The van der Waals surface area contributed by atoms with Gasteiger partial charge in [0, 0.05) is 6.20 Å². The van der Waals surface area contributed by atoms with Crippen molar-refractivity contribution >= 4 is 11.6 Å². The van der Waals surface area contributed by atoms with E-state index in [1.54, 1.807) is 0 Å². The maximum Gasteiger partial charge on any atom is 0.282 e. The summed E-state index contributed by atoms with van der Waals surface area (Å²) in [6.45, 7) is 0. The van der Waals surface area contributed by atoms with E-state index in [0.29, 0.717) is 0 Å². The Labute approximate surface area is 72.6 Å². The molecular weight excluding hydrogens is 180 g/mol. The number of carbonyl (C=O) groups excluding carboxylic acids is 1. The van der Waals surface area contributed by atoms with Gasteiger partial charge in [0.15, 0.2) is 0 Å². The lowest BCUT2D eigenvalue weighted by atomic mass is 10.1. The van der Waals surface area contributed by atoms with Crippen LogP contribution in [-0.4, -0.2) is 10.9 Å². The number of nitrogens with two attached hydrogens (primary N) is 2. The van der Waals surface area contributed by atoms with Crippen LogP contribution in [0, 0.1) is 0 Å². The third kappa shape index (κ3) is 1.71. The molecule has 0 saturated carbocycles. The van der Waals surface area contributed by atoms with Crippen molar-refractivity contribution in [3.8, 4) is 0 Å². The van der Waals surface area contributed by atoms with Crippen LogP contribution in [0.5, 0.6) is 0 Å². The van der Waals surface area contributed by atoms with Crippen molar-refractivity contribution in [2.24, 2.45) is 5.73 Å². The average molecular weight is 187 g/mol. The molecule has 0 unspecified atom stereocenters. The van der Waals surface area contributed by atoms with Gasteiger partial charge in [-0.1, -0.05) is 0 Å². The fourth-order valence-electron chi connectivity index (χ4n) is 0.878. The van der Waals surface area contributed by atoms with Crippen LogP contribution < -0.4 is 11.5 Å². The Morgan fingerprint density at radius 3 is 2.62 bits per heavy atom. The molecule has 0 atom stereocenters. The summed E-state index contributed by atoms with van der Waals surface area (Å²) in [7, 11) is 0. The number of nitrogens with zero attached hydrogens (tertiary/aromatic N) is 1. The second-order valence-electron chi connectivity index (χ2n) is 2.32. The van der Waals surface area contributed by atoms with Crippen molar-refractivity contribution in [1.82, 2.24) is 4.98 Å². The molecule has 0 aliphatic rings. The topological polar surface area (TPSA) is 82.0 Å². The fraction of sp³-hybridized carbons (Fsp3) is 0.143. The first-order valence-corrected chi connectivity index (χ1v) is 3.36. The summed E-state index contributed by atoms with van der Waals surface area (Å²) in [6, 6.07) is 1.20. The van der Waals surface area contributed by atoms with Crippen molar-refractivity contribution in [3.05, 3.63) is 23.5 Å². The summed E-state index contributed by atoms with van der Waals surface area (Å²) < 4.78 is 24.4. The second-order valence-corrected chi connectivity index (χ2v) is 2.32. The predicted octanol–water partition coefficient (Wildman–Crippen LogP) is 0.700. The molecule has 0 aliphatic carbocycles. The Kier molecular flexibility index (Phi) is 2.41. The first kappa shape index (κ1) is 9.37. The Morgan fingerprint density at radius 1 is 1.54 bits per heavy atom. The lowest BCUT2D eigenvalue weighted by molar-refractivity contribution is 0.100. The molecule has 0 aromatic carbocycles. The van der Waals surface area contributed by atoms with Gasteiger partial charge in [0.2, 0.25) is 0 Å². The van der Waals surface area contributed by atoms with E-state index < -0.39 is 18.0 Å². The molecule has 1 aromatic rings. The molecule has 0 bridgehead atoms. The molecule has 0 saturated heterocycles. The number of alkyl halides is 2. The summed E-state index contributed by atoms with van der Waals surface area (Å²) in [5, 5.41) is 0. The number of hydrogen-bond donors (Lipinski definition) is 2. The van der Waals surface area contributed by atoms with Crippen LogP contribution in [0.3, 0.4) is 0 Å². The molecule has 0 aliphatic heterocycles. The van der Waals surface area contributed by atoms with E-state index in [2.05, 4.69) is 4.98 Å². The predicted molar refractivity (Wildman–Crippen MR) is 42.1 cm³/mol. The van der Waals surface area contributed by atoms with Gasteiger partial charge in [0.05, 0.1) is 11.3 Å². The van der Waals surface area contributed by atoms with Gasteiger partial charge in [-0.3, -0.25) is 9.78 Å². The van der Waals surface area contributed by atoms with Crippen molar-refractivity contribution in [3.63, 3.8) is 0 Å². The van der Waals surface area contributed by atoms with Gasteiger partial charge in [0.1, 0.15) is 5.69 Å². The number of carbonyl (C=O) groups is 1. The number of nitrogen functional groups attached to an aromatic ring is 1. The summed E-state index contributed by atoms with van der Waals surface area (Å²) >= 11 is 0. The summed E-state index contributed by atoms with van der Waals surface area (Å²) in [5.41, 5.74) is 9.03. The normalized spacial score (nSPS) is 10.4. The van der Waals surface area contributed by atoms with Crippen molar-refractivity contribution in [2.75, 3.05) is 5.73 Å². The smallest absolute Gasteiger partial charge is 0.282 e. The van der Waals surface area contributed by atoms with Crippen molar-refractivity contribution in [1.29, 1.82) is 0 Å². The molecule has 4 nitrogen and oxygen atoms in total. The number of primary amides is 1. The molecule has 0 spiro atoms. The molecule has 0 radical (unpaired) electrons. The Hall–Kier alpha value is -1.72. The largest absolute Gasteiger partial charge is 0.396 e. The highest BCUT2D eigenvalue weighted by molar-refractivity contribution is 5.98. The fourth-order valence-corrected chi connectivity index (χ4v) is 0.878. The van der Waals surface area contributed by atoms with E-state index >= 15 is 0 Å². The standard InChI is InChI=1S/C7H7F2N3O/c8-6(9)5-4(10)3(7(11)13)1-2-12-5/h1-2,6H,10H2,(H2,11,13). The van der Waals surface area contributed by atoms with Gasteiger partial charge in [-0.15, -0.1) is 0 Å². The minimum atomic E-state index is -2.81. The number of rotatable bonds is 2. The van der Waals surface area contributed by atoms with Gasteiger partial charge < -0.3 is 11.5 Å². The maximum atomic E-state index is 12.2. The Morgan fingerprint density at radius 2 is 2.15 bits per heavy atom. The second kappa shape index (κ2) is 3.34. The van der Waals surface area contributed by atoms with E-state index in [1.807, 2.05) is 0 Å². The highest BCUT2D eigenvalue weighted by Gasteiger charge is 2.17. The number of anilines is 1. The van der Waals surface area contributed by atoms with E-state index in [4.69, 9.17) is 11.5 Å². The number of aromatic nitrogens is 1. The zero-order valence-electron chi connectivity index (χ0n) is 6.50. The number of amides is 1. The molecule has 0 fully saturated rings. The van der Waals surface area contributed by atoms with E-state index in [9.17, 15) is 13.6 Å². The van der Waals surface area contributed by atoms with E-state index in [0.717, 1.165) is 6.20 Å². The van der Waals surface area contributed by atoms with Crippen molar-refractivity contribution in [2.45, 2.75) is 6.43 Å². The third-order valence-electron chi connectivity index (χ3n) is 1.49. The molecule has 1 aromatic heterocycles. The Bertz CT molecular complexity index is 341. The Balaban J connectivity index is 3.26. The molecule has 1 heterocycles. The summed E-state index contributed by atoms with van der Waals surface area (Å²) in [4.78, 5) is 14.0. The molecule has 4 N–H and O–H groups in total. The molecule has 13 heavy (non-hydrogen) atoms. The highest BCUT2D eigenvalue weighted by atomic mass is 19.3. The lowest BCUT2D eigenvalue weighted by Gasteiger charge is -2.05. The minimum absolute atomic E-state index is 0.134. The quantitative estimate of drug-likeness (QED) is 0.714. The van der Waals surface area contributed by atoms with Crippen LogP contribution in [0.4, 0.5) is 14.5 Å². The van der Waals surface area contributed by atoms with Gasteiger partial charge in [0.25, 0.3) is 12.3 Å². The number of pyridine rings is 1. The van der Waals surface area contributed by atoms with Crippen LogP contribution >= 0.6 is 0 Å². The molecule has 1 rings (SSSR count). The van der Waals surface area contributed by atoms with Crippen LogP contribution in [0.2, 0.25) is 0 Å². The van der Waals surface area contributed by atoms with Gasteiger partial charge >= 0.3 is 0 Å². The van der Waals surface area contributed by atoms with Gasteiger partial charge in [-0.2, -0.15) is 0 Å². The van der Waals surface area contributed by atoms with Crippen molar-refractivity contribution < 1.29 is 13.6 Å². The first-order chi connectivity index (χ1) is 6.04. The molecule has 70 valence electrons. The summed E-state index contributed by atoms with van der Waals surface area (Å²) in [6.07, 6.45) is -1.74. The lowest BCUT2D eigenvalue weighted by Crippen LogP contribution is -2.15. The monoisotopic (exact) mass is 187 g/mol. The third-order valence-corrected chi connectivity index (χ3v) is 1.49. The average Bonchev–Trinajstić information content (AvgIpc) is 2.03.